The van der Waals surface area contributed by atoms with Crippen molar-refractivity contribution in [1.82, 2.24) is 4.90 Å². The van der Waals surface area contributed by atoms with Crippen molar-refractivity contribution < 1.29 is 0 Å². The second-order valence-electron chi connectivity index (χ2n) is 5.92. The highest BCUT2D eigenvalue weighted by molar-refractivity contribution is 5.31. The van der Waals surface area contributed by atoms with Crippen LogP contribution < -0.4 is 0 Å². The highest BCUT2D eigenvalue weighted by Gasteiger charge is 2.21. The largest absolute Gasteiger partial charge is 0.303 e. The average Bonchev–Trinajstić information content (AvgIpc) is 2.56. The van der Waals surface area contributed by atoms with E-state index in [0.717, 1.165) is 5.92 Å². The summed E-state index contributed by atoms with van der Waals surface area (Å²) in [4.78, 5) is 2.66. The van der Waals surface area contributed by atoms with Gasteiger partial charge >= 0.3 is 0 Å². The van der Waals surface area contributed by atoms with Crippen molar-refractivity contribution in [2.75, 3.05) is 19.6 Å². The van der Waals surface area contributed by atoms with Crippen LogP contribution in [0.1, 0.15) is 76.8 Å². The first-order valence-corrected chi connectivity index (χ1v) is 9.15. The molecular weight excluding hydrogens is 254 g/mol. The zero-order valence-electron chi connectivity index (χ0n) is 14.7. The normalized spacial score (nSPS) is 16.4. The molecule has 1 nitrogen and oxygen atoms in total. The Hall–Kier alpha value is -0.820. The number of piperidine rings is 1. The molecule has 1 aromatic rings. The summed E-state index contributed by atoms with van der Waals surface area (Å²) in [5.74, 6) is 0.806. The minimum atomic E-state index is 0.806. The topological polar surface area (TPSA) is 3.24 Å². The maximum atomic E-state index is 2.66. The van der Waals surface area contributed by atoms with Crippen molar-refractivity contribution in [2.24, 2.45) is 0 Å². The molecule has 0 atom stereocenters. The minimum absolute atomic E-state index is 0.806. The van der Waals surface area contributed by atoms with Gasteiger partial charge in [-0.05, 0) is 62.4 Å². The first kappa shape index (κ1) is 18.2. The minimum Gasteiger partial charge on any atom is -0.303 e. The van der Waals surface area contributed by atoms with E-state index in [0.29, 0.717) is 0 Å². The lowest BCUT2D eigenvalue weighted by Gasteiger charge is -2.33. The molecule has 2 rings (SSSR count). The third-order valence-corrected chi connectivity index (χ3v) is 4.43. The summed E-state index contributed by atoms with van der Waals surface area (Å²) in [5, 5.41) is 0. The summed E-state index contributed by atoms with van der Waals surface area (Å²) in [6.07, 6.45) is 7.88. The number of nitrogens with zero attached hydrogens (tertiary/aromatic N) is 1. The molecule has 1 aliphatic heterocycles. The van der Waals surface area contributed by atoms with Gasteiger partial charge in [-0.25, -0.2) is 0 Å². The number of aryl methyl sites for hydroxylation is 1. The first-order valence-electron chi connectivity index (χ1n) is 9.15. The maximum absolute atomic E-state index is 2.66. The summed E-state index contributed by atoms with van der Waals surface area (Å²) in [6.45, 7) is 12.5. The Balaban J connectivity index is 0.00000106. The Morgan fingerprint density at radius 2 is 1.67 bits per heavy atom. The molecule has 0 aromatic heterocycles. The molecule has 21 heavy (non-hydrogen) atoms. The zero-order valence-corrected chi connectivity index (χ0v) is 14.7. The highest BCUT2D eigenvalue weighted by atomic mass is 15.1. The molecule has 0 amide bonds. The van der Waals surface area contributed by atoms with Gasteiger partial charge in [0.05, 0.1) is 0 Å². The average molecular weight is 290 g/mol. The fraction of sp³-hybridized carbons (Fsp3) is 0.700. The first-order chi connectivity index (χ1) is 10.3. The fourth-order valence-electron chi connectivity index (χ4n) is 3.28. The molecule has 0 N–H and O–H groups in total. The molecule has 1 fully saturated rings. The van der Waals surface area contributed by atoms with Crippen LogP contribution in [-0.4, -0.2) is 24.5 Å². The van der Waals surface area contributed by atoms with Gasteiger partial charge in [0.1, 0.15) is 0 Å². The van der Waals surface area contributed by atoms with Crippen LogP contribution in [0.5, 0.6) is 0 Å². The van der Waals surface area contributed by atoms with Crippen LogP contribution in [0.3, 0.4) is 0 Å². The van der Waals surface area contributed by atoms with Crippen LogP contribution in [0, 0.1) is 0 Å². The van der Waals surface area contributed by atoms with E-state index in [2.05, 4.69) is 43.0 Å². The summed E-state index contributed by atoms with van der Waals surface area (Å²) in [5.41, 5.74) is 3.23. The second kappa shape index (κ2) is 10.8. The molecule has 1 heterocycles. The lowest BCUT2D eigenvalue weighted by molar-refractivity contribution is 0.209. The quantitative estimate of drug-likeness (QED) is 0.654. The van der Waals surface area contributed by atoms with Crippen LogP contribution in [0.25, 0.3) is 0 Å². The number of likely N-dealkylation sites (tertiary alicyclic amines) is 1. The fourth-order valence-corrected chi connectivity index (χ4v) is 3.28. The number of hydrogen-bond donors (Lipinski definition) is 0. The van der Waals surface area contributed by atoms with E-state index in [1.165, 1.54) is 58.2 Å². The molecule has 0 radical (unpaired) electrons. The lowest BCUT2D eigenvalue weighted by Crippen LogP contribution is -2.33. The van der Waals surface area contributed by atoms with E-state index in [1.807, 2.05) is 13.8 Å². The van der Waals surface area contributed by atoms with Crippen molar-refractivity contribution in [3.8, 4) is 0 Å². The third-order valence-electron chi connectivity index (χ3n) is 4.43. The summed E-state index contributed by atoms with van der Waals surface area (Å²) < 4.78 is 0. The van der Waals surface area contributed by atoms with Crippen molar-refractivity contribution in [1.29, 1.82) is 0 Å². The Morgan fingerprint density at radius 3 is 2.29 bits per heavy atom. The summed E-state index contributed by atoms with van der Waals surface area (Å²) >= 11 is 0. The van der Waals surface area contributed by atoms with E-state index < -0.39 is 0 Å². The molecule has 0 bridgehead atoms. The molecule has 1 saturated heterocycles. The molecule has 1 aromatic carbocycles. The molecular formula is C20H35N. The van der Waals surface area contributed by atoms with Gasteiger partial charge in [-0.15, -0.1) is 0 Å². The summed E-state index contributed by atoms with van der Waals surface area (Å²) in [7, 11) is 0. The van der Waals surface area contributed by atoms with Gasteiger partial charge in [-0.2, -0.15) is 0 Å². The van der Waals surface area contributed by atoms with Gasteiger partial charge in [0, 0.05) is 0 Å². The van der Waals surface area contributed by atoms with Crippen LogP contribution in [0.15, 0.2) is 24.3 Å². The number of benzene rings is 1. The Bertz CT molecular complexity index is 364. The Kier molecular flexibility index (Phi) is 9.41. The maximum Gasteiger partial charge on any atom is -0.00129 e. The van der Waals surface area contributed by atoms with Gasteiger partial charge in [-0.1, -0.05) is 64.8 Å². The Morgan fingerprint density at radius 1 is 1.00 bits per heavy atom. The van der Waals surface area contributed by atoms with E-state index in [4.69, 9.17) is 0 Å². The van der Waals surface area contributed by atoms with Crippen LogP contribution in [-0.2, 0) is 6.42 Å². The van der Waals surface area contributed by atoms with Gasteiger partial charge in [0.15, 0.2) is 0 Å². The highest BCUT2D eigenvalue weighted by Crippen LogP contribution is 2.30. The third kappa shape index (κ3) is 5.82. The molecule has 1 aliphatic rings. The molecule has 1 heteroatoms. The predicted octanol–water partition coefficient (Wildman–Crippen LogP) is 5.64. The Labute approximate surface area is 132 Å². The predicted molar refractivity (Wildman–Crippen MR) is 95.1 cm³/mol. The van der Waals surface area contributed by atoms with E-state index in [9.17, 15) is 0 Å². The molecule has 0 spiro atoms. The zero-order chi connectivity index (χ0) is 15.5. The van der Waals surface area contributed by atoms with Crippen molar-refractivity contribution >= 4 is 0 Å². The standard InChI is InChI=1S/C18H29N.C2H6/c1-3-5-13-19-14-11-17(12-15-19)18-10-7-6-9-16(18)8-4-2;1-2/h6-7,9-10,17H,3-5,8,11-15H2,1-2H3;1-2H3. The van der Waals surface area contributed by atoms with Crippen molar-refractivity contribution in [3.63, 3.8) is 0 Å². The summed E-state index contributed by atoms with van der Waals surface area (Å²) in [6, 6.07) is 9.13. The number of hydrogen-bond acceptors (Lipinski definition) is 1. The van der Waals surface area contributed by atoms with Gasteiger partial charge < -0.3 is 4.90 Å². The van der Waals surface area contributed by atoms with E-state index in [1.54, 1.807) is 11.1 Å². The molecule has 0 aliphatic carbocycles. The van der Waals surface area contributed by atoms with Crippen molar-refractivity contribution in [3.05, 3.63) is 35.4 Å². The second-order valence-corrected chi connectivity index (χ2v) is 5.92. The van der Waals surface area contributed by atoms with E-state index >= 15 is 0 Å². The smallest absolute Gasteiger partial charge is 0.00129 e. The number of unbranched alkanes of at least 4 members (excludes halogenated alkanes) is 1. The van der Waals surface area contributed by atoms with Gasteiger partial charge in [-0.3, -0.25) is 0 Å². The van der Waals surface area contributed by atoms with Gasteiger partial charge in [0.25, 0.3) is 0 Å². The molecule has 0 saturated carbocycles. The monoisotopic (exact) mass is 289 g/mol. The van der Waals surface area contributed by atoms with Crippen molar-refractivity contribution in [2.45, 2.75) is 72.1 Å². The van der Waals surface area contributed by atoms with Crippen LogP contribution >= 0.6 is 0 Å². The lowest BCUT2D eigenvalue weighted by atomic mass is 9.85. The van der Waals surface area contributed by atoms with Gasteiger partial charge in [0.2, 0.25) is 0 Å². The van der Waals surface area contributed by atoms with Crippen LogP contribution in [0.4, 0.5) is 0 Å². The van der Waals surface area contributed by atoms with E-state index in [-0.39, 0.29) is 0 Å². The SMILES string of the molecule is CC.CCCCN1CCC(c2ccccc2CCC)CC1. The number of rotatable bonds is 6. The molecule has 120 valence electrons. The molecule has 0 unspecified atom stereocenters. The van der Waals surface area contributed by atoms with Crippen LogP contribution in [0.2, 0.25) is 0 Å².